The van der Waals surface area contributed by atoms with Crippen LogP contribution in [0.25, 0.3) is 0 Å². The van der Waals surface area contributed by atoms with Crippen LogP contribution in [0.2, 0.25) is 0 Å². The number of methoxy groups -OCH3 is 1. The zero-order valence-corrected chi connectivity index (χ0v) is 9.04. The summed E-state index contributed by atoms with van der Waals surface area (Å²) in [6.07, 6.45) is 0. The van der Waals surface area contributed by atoms with E-state index in [2.05, 4.69) is 11.9 Å². The van der Waals surface area contributed by atoms with Crippen LogP contribution in [0.5, 0.6) is 5.75 Å². The first-order valence-electron chi connectivity index (χ1n) is 4.70. The first-order chi connectivity index (χ1) is 7.13. The van der Waals surface area contributed by atoms with Crippen molar-refractivity contribution in [2.45, 2.75) is 13.5 Å². The zero-order valence-electron chi connectivity index (χ0n) is 9.04. The molecule has 0 saturated carbocycles. The number of nitrogens with one attached hydrogen (secondary N) is 1. The zero-order chi connectivity index (χ0) is 11.3. The van der Waals surface area contributed by atoms with Crippen molar-refractivity contribution in [1.29, 1.82) is 0 Å². The molecule has 0 atom stereocenters. The van der Waals surface area contributed by atoms with Crippen LogP contribution in [0, 0.1) is 0 Å². The average Bonchev–Trinajstić information content (AvgIpc) is 2.26. The summed E-state index contributed by atoms with van der Waals surface area (Å²) in [4.78, 5) is 11.2. The number of rotatable bonds is 4. The predicted octanol–water partition coefficient (Wildman–Crippen LogP) is 1.89. The van der Waals surface area contributed by atoms with Crippen LogP contribution in [0.4, 0.5) is 0 Å². The van der Waals surface area contributed by atoms with Gasteiger partial charge in [-0.25, -0.2) is 0 Å². The van der Waals surface area contributed by atoms with Crippen molar-refractivity contribution >= 4 is 5.91 Å². The van der Waals surface area contributed by atoms with Gasteiger partial charge in [0.1, 0.15) is 5.75 Å². The lowest BCUT2D eigenvalue weighted by atomic mass is 10.2. The van der Waals surface area contributed by atoms with E-state index in [9.17, 15) is 4.79 Å². The van der Waals surface area contributed by atoms with Crippen LogP contribution in [0.3, 0.4) is 0 Å². The number of hydrogen-bond donors (Lipinski definition) is 1. The first kappa shape index (κ1) is 11.3. The van der Waals surface area contributed by atoms with Crippen LogP contribution >= 0.6 is 0 Å². The molecule has 0 radical (unpaired) electrons. The molecule has 15 heavy (non-hydrogen) atoms. The molecule has 0 aromatic heterocycles. The second-order valence-corrected chi connectivity index (χ2v) is 3.31. The smallest absolute Gasteiger partial charge is 0.246 e. The second-order valence-electron chi connectivity index (χ2n) is 3.31. The van der Waals surface area contributed by atoms with Crippen LogP contribution in [-0.2, 0) is 11.3 Å². The molecule has 80 valence electrons. The molecule has 1 rings (SSSR count). The van der Waals surface area contributed by atoms with Gasteiger partial charge in [0.25, 0.3) is 0 Å². The minimum absolute atomic E-state index is 0.127. The standard InChI is InChI=1S/C12H15NO2/c1-9(2)12(14)13-8-10-5-4-6-11(7-10)15-3/h4-7H,1,8H2,2-3H3,(H,13,14). The van der Waals surface area contributed by atoms with Crippen LogP contribution in [0.15, 0.2) is 36.4 Å². The SMILES string of the molecule is C=C(C)C(=O)NCc1cccc(OC)c1. The molecule has 0 aliphatic rings. The van der Waals surface area contributed by atoms with Gasteiger partial charge in [0.15, 0.2) is 0 Å². The van der Waals surface area contributed by atoms with E-state index in [-0.39, 0.29) is 5.91 Å². The Morgan fingerprint density at radius 3 is 2.87 bits per heavy atom. The topological polar surface area (TPSA) is 38.3 Å². The highest BCUT2D eigenvalue weighted by Crippen LogP contribution is 2.12. The fourth-order valence-electron chi connectivity index (χ4n) is 1.12. The van der Waals surface area contributed by atoms with Crippen molar-refractivity contribution in [3.63, 3.8) is 0 Å². The molecular weight excluding hydrogens is 190 g/mol. The maximum absolute atomic E-state index is 11.2. The van der Waals surface area contributed by atoms with Crippen LogP contribution in [0.1, 0.15) is 12.5 Å². The highest BCUT2D eigenvalue weighted by atomic mass is 16.5. The van der Waals surface area contributed by atoms with Gasteiger partial charge >= 0.3 is 0 Å². The molecule has 3 nitrogen and oxygen atoms in total. The summed E-state index contributed by atoms with van der Waals surface area (Å²) in [5, 5.41) is 2.76. The summed E-state index contributed by atoms with van der Waals surface area (Å²) in [5.41, 5.74) is 1.52. The maximum atomic E-state index is 11.2. The van der Waals surface area contributed by atoms with E-state index in [0.29, 0.717) is 12.1 Å². The van der Waals surface area contributed by atoms with E-state index < -0.39 is 0 Å². The molecule has 0 aliphatic carbocycles. The summed E-state index contributed by atoms with van der Waals surface area (Å²) in [6.45, 7) is 5.73. The molecule has 3 heteroatoms. The monoisotopic (exact) mass is 205 g/mol. The lowest BCUT2D eigenvalue weighted by Crippen LogP contribution is -2.22. The number of hydrogen-bond acceptors (Lipinski definition) is 2. The molecule has 0 heterocycles. The largest absolute Gasteiger partial charge is 0.497 e. The maximum Gasteiger partial charge on any atom is 0.246 e. The van der Waals surface area contributed by atoms with Gasteiger partial charge in [0.2, 0.25) is 5.91 Å². The molecule has 0 saturated heterocycles. The molecule has 0 unspecified atom stereocenters. The normalized spacial score (nSPS) is 9.47. The van der Waals surface area contributed by atoms with Gasteiger partial charge in [-0.15, -0.1) is 0 Å². The van der Waals surface area contributed by atoms with Crippen LogP contribution < -0.4 is 10.1 Å². The van der Waals surface area contributed by atoms with E-state index in [0.717, 1.165) is 11.3 Å². The Kier molecular flexibility index (Phi) is 3.92. The predicted molar refractivity (Wildman–Crippen MR) is 59.7 cm³/mol. The third-order valence-corrected chi connectivity index (χ3v) is 1.97. The van der Waals surface area contributed by atoms with E-state index >= 15 is 0 Å². The second kappa shape index (κ2) is 5.20. The fourth-order valence-corrected chi connectivity index (χ4v) is 1.12. The van der Waals surface area contributed by atoms with Crippen molar-refractivity contribution < 1.29 is 9.53 Å². The van der Waals surface area contributed by atoms with Crippen molar-refractivity contribution in [3.8, 4) is 5.75 Å². The summed E-state index contributed by atoms with van der Waals surface area (Å²) in [5.74, 6) is 0.662. The number of carbonyl (C=O) groups excluding carboxylic acids is 1. The lowest BCUT2D eigenvalue weighted by molar-refractivity contribution is -0.117. The summed E-state index contributed by atoms with van der Waals surface area (Å²) in [6, 6.07) is 7.57. The summed E-state index contributed by atoms with van der Waals surface area (Å²) in [7, 11) is 1.62. The van der Waals surface area contributed by atoms with Gasteiger partial charge in [-0.05, 0) is 24.6 Å². The minimum atomic E-state index is -0.127. The van der Waals surface area contributed by atoms with Gasteiger partial charge < -0.3 is 10.1 Å². The van der Waals surface area contributed by atoms with Crippen molar-refractivity contribution in [1.82, 2.24) is 5.32 Å². The van der Waals surface area contributed by atoms with Gasteiger partial charge in [-0.3, -0.25) is 4.79 Å². The molecule has 0 spiro atoms. The highest BCUT2D eigenvalue weighted by Gasteiger charge is 2.01. The van der Waals surface area contributed by atoms with Crippen LogP contribution in [-0.4, -0.2) is 13.0 Å². The molecule has 0 fully saturated rings. The van der Waals surface area contributed by atoms with Crippen molar-refractivity contribution in [2.24, 2.45) is 0 Å². The average molecular weight is 205 g/mol. The molecule has 0 aliphatic heterocycles. The lowest BCUT2D eigenvalue weighted by Gasteiger charge is -2.06. The number of amides is 1. The van der Waals surface area contributed by atoms with Crippen molar-refractivity contribution in [2.75, 3.05) is 7.11 Å². The molecule has 1 aromatic carbocycles. The highest BCUT2D eigenvalue weighted by molar-refractivity contribution is 5.91. The van der Waals surface area contributed by atoms with E-state index in [1.54, 1.807) is 14.0 Å². The Morgan fingerprint density at radius 2 is 2.27 bits per heavy atom. The Hall–Kier alpha value is -1.77. The summed E-state index contributed by atoms with van der Waals surface area (Å²) < 4.78 is 5.08. The number of ether oxygens (including phenoxy) is 1. The molecule has 0 bridgehead atoms. The Labute approximate surface area is 89.8 Å². The fraction of sp³-hybridized carbons (Fsp3) is 0.250. The first-order valence-corrected chi connectivity index (χ1v) is 4.70. The van der Waals surface area contributed by atoms with Gasteiger partial charge in [0.05, 0.1) is 7.11 Å². The third-order valence-electron chi connectivity index (χ3n) is 1.97. The number of carbonyl (C=O) groups is 1. The Morgan fingerprint density at radius 1 is 1.53 bits per heavy atom. The van der Waals surface area contributed by atoms with E-state index in [4.69, 9.17) is 4.74 Å². The Bertz CT molecular complexity index is 372. The van der Waals surface area contributed by atoms with Gasteiger partial charge in [-0.2, -0.15) is 0 Å². The molecular formula is C12H15NO2. The minimum Gasteiger partial charge on any atom is -0.497 e. The third kappa shape index (κ3) is 3.46. The quantitative estimate of drug-likeness (QED) is 0.762. The van der Waals surface area contributed by atoms with E-state index in [1.807, 2.05) is 24.3 Å². The molecule has 1 N–H and O–H groups in total. The van der Waals surface area contributed by atoms with Gasteiger partial charge in [0, 0.05) is 12.1 Å². The molecule has 1 aromatic rings. The number of benzene rings is 1. The van der Waals surface area contributed by atoms with Crippen molar-refractivity contribution in [3.05, 3.63) is 42.0 Å². The summed E-state index contributed by atoms with van der Waals surface area (Å²) >= 11 is 0. The molecule has 1 amide bonds. The van der Waals surface area contributed by atoms with E-state index in [1.165, 1.54) is 0 Å². The Balaban J connectivity index is 2.57. The van der Waals surface area contributed by atoms with Gasteiger partial charge in [-0.1, -0.05) is 18.7 Å².